The van der Waals surface area contributed by atoms with Crippen LogP contribution in [0.15, 0.2) is 47.4 Å². The highest BCUT2D eigenvalue weighted by Crippen LogP contribution is 2.61. The van der Waals surface area contributed by atoms with E-state index in [0.717, 1.165) is 40.0 Å². The summed E-state index contributed by atoms with van der Waals surface area (Å²) in [7, 11) is 3.13. The molecule has 1 heterocycles. The van der Waals surface area contributed by atoms with Gasteiger partial charge in [0, 0.05) is 5.56 Å². The van der Waals surface area contributed by atoms with Crippen LogP contribution in [0, 0.1) is 17.8 Å². The van der Waals surface area contributed by atoms with E-state index in [-0.39, 0.29) is 12.0 Å². The van der Waals surface area contributed by atoms with Crippen LogP contribution in [-0.2, 0) is 15.0 Å². The molecule has 4 saturated carbocycles. The average Bonchev–Trinajstić information content (AvgIpc) is 3.15. The van der Waals surface area contributed by atoms with E-state index in [4.69, 9.17) is 9.47 Å². The first-order valence-electron chi connectivity index (χ1n) is 13.2. The Hall–Kier alpha value is -3.26. The van der Waals surface area contributed by atoms with E-state index < -0.39 is 17.1 Å². The molecule has 7 rings (SSSR count). The van der Waals surface area contributed by atoms with E-state index in [9.17, 15) is 14.4 Å². The van der Waals surface area contributed by atoms with Crippen LogP contribution in [-0.4, -0.2) is 42.7 Å². The van der Waals surface area contributed by atoms with Crippen molar-refractivity contribution in [3.8, 4) is 11.5 Å². The number of imide groups is 1. The summed E-state index contributed by atoms with van der Waals surface area (Å²) in [4.78, 5) is 39.9. The maximum Gasteiger partial charge on any atom is 0.294 e. The highest BCUT2D eigenvalue weighted by Gasteiger charge is 2.51. The van der Waals surface area contributed by atoms with Crippen LogP contribution in [0.25, 0.3) is 6.08 Å². The van der Waals surface area contributed by atoms with Crippen molar-refractivity contribution in [2.75, 3.05) is 26.1 Å². The number of nitrogens with one attached hydrogen (secondary N) is 1. The molecule has 1 N–H and O–H groups in total. The van der Waals surface area contributed by atoms with Crippen LogP contribution in [0.2, 0.25) is 0 Å². The molecule has 4 aliphatic carbocycles. The molecule has 0 unspecified atom stereocenters. The number of rotatable bonds is 7. The molecule has 7 nitrogen and oxygen atoms in total. The largest absolute Gasteiger partial charge is 0.496 e. The van der Waals surface area contributed by atoms with Crippen molar-refractivity contribution in [3.63, 3.8) is 0 Å². The fourth-order valence-electron chi connectivity index (χ4n) is 7.50. The fourth-order valence-corrected chi connectivity index (χ4v) is 8.33. The number of anilines is 1. The Kier molecular flexibility index (Phi) is 6.46. The minimum Gasteiger partial charge on any atom is -0.496 e. The minimum atomic E-state index is -0.475. The summed E-state index contributed by atoms with van der Waals surface area (Å²) in [6.07, 6.45) is 9.58. The molecule has 8 heteroatoms. The molecule has 198 valence electrons. The number of methoxy groups -OCH3 is 2. The van der Waals surface area contributed by atoms with Gasteiger partial charge in [0.1, 0.15) is 18.0 Å². The zero-order chi connectivity index (χ0) is 26.4. The van der Waals surface area contributed by atoms with Crippen molar-refractivity contribution in [1.82, 2.24) is 4.90 Å². The summed E-state index contributed by atoms with van der Waals surface area (Å²) in [5.74, 6) is 2.69. The Balaban J connectivity index is 1.22. The third-order valence-corrected chi connectivity index (χ3v) is 9.63. The lowest BCUT2D eigenvalue weighted by molar-refractivity contribution is -0.127. The number of thioether (sulfide) groups is 1. The van der Waals surface area contributed by atoms with E-state index in [1.807, 2.05) is 6.07 Å². The zero-order valence-corrected chi connectivity index (χ0v) is 22.5. The number of carbonyl (C=O) groups is 3. The lowest BCUT2D eigenvalue weighted by Crippen LogP contribution is -2.48. The molecule has 1 saturated heterocycles. The number of amides is 3. The predicted octanol–water partition coefficient (Wildman–Crippen LogP) is 5.85. The van der Waals surface area contributed by atoms with Gasteiger partial charge >= 0.3 is 0 Å². The third kappa shape index (κ3) is 4.49. The van der Waals surface area contributed by atoms with Gasteiger partial charge in [-0.25, -0.2) is 0 Å². The third-order valence-electron chi connectivity index (χ3n) is 8.72. The summed E-state index contributed by atoms with van der Waals surface area (Å²) >= 11 is 0.855. The Morgan fingerprint density at radius 2 is 1.66 bits per heavy atom. The SMILES string of the molecule is COc1ccc(C23CC4CC(CC(C4)C2)C3)cc1/C=C1/SC(=O)N(CC(=O)Nc2ccccc2OC)C1=O. The summed E-state index contributed by atoms with van der Waals surface area (Å²) in [6.45, 7) is -0.371. The van der Waals surface area contributed by atoms with Crippen LogP contribution in [0.4, 0.5) is 10.5 Å². The molecule has 0 spiro atoms. The van der Waals surface area contributed by atoms with E-state index >= 15 is 0 Å². The van der Waals surface area contributed by atoms with E-state index in [0.29, 0.717) is 22.1 Å². The second-order valence-corrected chi connectivity index (χ2v) is 12.2. The van der Waals surface area contributed by atoms with Crippen LogP contribution < -0.4 is 14.8 Å². The van der Waals surface area contributed by atoms with Crippen molar-refractivity contribution in [2.45, 2.75) is 43.9 Å². The number of carbonyl (C=O) groups excluding carboxylic acids is 3. The normalized spacial score (nSPS) is 28.7. The number of hydrogen-bond acceptors (Lipinski definition) is 6. The van der Waals surface area contributed by atoms with Gasteiger partial charge in [-0.3, -0.25) is 19.3 Å². The van der Waals surface area contributed by atoms with Gasteiger partial charge < -0.3 is 14.8 Å². The van der Waals surface area contributed by atoms with Crippen LogP contribution in [0.1, 0.15) is 49.7 Å². The standard InChI is InChI=1S/C30H32N2O5S/c1-36-24-8-7-22(30-14-18-9-19(15-30)11-20(10-18)16-30)12-21(24)13-26-28(34)32(29(35)38-26)17-27(33)31-23-5-3-4-6-25(23)37-2/h3-8,12-13,18-20H,9-11,14-17H2,1-2H3,(H,31,33)/b26-13+. The molecule has 4 bridgehead atoms. The van der Waals surface area contributed by atoms with Crippen molar-refractivity contribution >= 4 is 40.6 Å². The Morgan fingerprint density at radius 3 is 2.32 bits per heavy atom. The van der Waals surface area contributed by atoms with Gasteiger partial charge in [-0.1, -0.05) is 18.2 Å². The van der Waals surface area contributed by atoms with E-state index in [1.54, 1.807) is 37.5 Å². The molecule has 3 amide bonds. The van der Waals surface area contributed by atoms with Gasteiger partial charge in [-0.05, 0) is 109 Å². The first kappa shape index (κ1) is 25.0. The number of para-hydroxylation sites is 2. The number of nitrogens with zero attached hydrogens (tertiary/aromatic N) is 1. The van der Waals surface area contributed by atoms with Gasteiger partial charge in [0.15, 0.2) is 0 Å². The van der Waals surface area contributed by atoms with Crippen LogP contribution in [0.3, 0.4) is 0 Å². The maximum atomic E-state index is 13.2. The fraction of sp³-hybridized carbons (Fsp3) is 0.433. The Labute approximate surface area is 226 Å². The van der Waals surface area contributed by atoms with Gasteiger partial charge in [0.25, 0.3) is 11.1 Å². The molecular formula is C30H32N2O5S. The highest BCUT2D eigenvalue weighted by molar-refractivity contribution is 8.18. The molecule has 5 fully saturated rings. The molecule has 0 radical (unpaired) electrons. The van der Waals surface area contributed by atoms with E-state index in [2.05, 4.69) is 17.4 Å². The number of benzene rings is 2. The molecule has 0 aromatic heterocycles. The minimum absolute atomic E-state index is 0.208. The smallest absolute Gasteiger partial charge is 0.294 e. The molecule has 0 atom stereocenters. The summed E-state index contributed by atoms with van der Waals surface area (Å²) in [6, 6.07) is 13.3. The maximum absolute atomic E-state index is 13.2. The second kappa shape index (κ2) is 9.80. The molecule has 2 aromatic rings. The second-order valence-electron chi connectivity index (χ2n) is 11.2. The first-order chi connectivity index (χ1) is 18.4. The number of ether oxygens (including phenoxy) is 2. The lowest BCUT2D eigenvalue weighted by atomic mass is 9.48. The van der Waals surface area contributed by atoms with Crippen LogP contribution in [0.5, 0.6) is 11.5 Å². The van der Waals surface area contributed by atoms with Crippen molar-refractivity contribution in [1.29, 1.82) is 0 Å². The Bertz CT molecular complexity index is 1300. The van der Waals surface area contributed by atoms with Crippen molar-refractivity contribution in [3.05, 3.63) is 58.5 Å². The zero-order valence-electron chi connectivity index (χ0n) is 21.7. The number of hydrogen-bond donors (Lipinski definition) is 1. The predicted molar refractivity (Wildman–Crippen MR) is 147 cm³/mol. The quantitative estimate of drug-likeness (QED) is 0.451. The first-order valence-corrected chi connectivity index (χ1v) is 14.1. The Morgan fingerprint density at radius 1 is 1.00 bits per heavy atom. The highest BCUT2D eigenvalue weighted by atomic mass is 32.2. The van der Waals surface area contributed by atoms with Crippen molar-refractivity contribution in [2.24, 2.45) is 17.8 Å². The summed E-state index contributed by atoms with van der Waals surface area (Å²) in [5, 5.41) is 2.26. The van der Waals surface area contributed by atoms with Crippen LogP contribution >= 0.6 is 11.8 Å². The lowest BCUT2D eigenvalue weighted by Gasteiger charge is -2.57. The van der Waals surface area contributed by atoms with E-state index in [1.165, 1.54) is 51.2 Å². The summed E-state index contributed by atoms with van der Waals surface area (Å²) < 4.78 is 10.9. The molecule has 2 aromatic carbocycles. The van der Waals surface area contributed by atoms with Gasteiger partial charge in [-0.2, -0.15) is 0 Å². The van der Waals surface area contributed by atoms with Gasteiger partial charge in [0.05, 0.1) is 24.8 Å². The van der Waals surface area contributed by atoms with Crippen molar-refractivity contribution < 1.29 is 23.9 Å². The monoisotopic (exact) mass is 532 g/mol. The average molecular weight is 533 g/mol. The van der Waals surface area contributed by atoms with Gasteiger partial charge in [-0.15, -0.1) is 0 Å². The topological polar surface area (TPSA) is 84.9 Å². The molecular weight excluding hydrogens is 500 g/mol. The summed E-state index contributed by atoms with van der Waals surface area (Å²) in [5.41, 5.74) is 2.80. The van der Waals surface area contributed by atoms with Gasteiger partial charge in [0.2, 0.25) is 5.91 Å². The molecule has 38 heavy (non-hydrogen) atoms. The molecule has 1 aliphatic heterocycles. The molecule has 5 aliphatic rings.